The zero-order valence-corrected chi connectivity index (χ0v) is 11.1. The lowest BCUT2D eigenvalue weighted by molar-refractivity contribution is 0.194. The fourth-order valence-electron chi connectivity index (χ4n) is 2.59. The summed E-state index contributed by atoms with van der Waals surface area (Å²) in [5.74, 6) is 0. The summed E-state index contributed by atoms with van der Waals surface area (Å²) in [5, 5.41) is 3.38. The van der Waals surface area contributed by atoms with E-state index in [-0.39, 0.29) is 0 Å². The summed E-state index contributed by atoms with van der Waals surface area (Å²) in [5.41, 5.74) is 2.92. The maximum Gasteiger partial charge on any atom is 0.0233 e. The van der Waals surface area contributed by atoms with Gasteiger partial charge in [-0.1, -0.05) is 31.2 Å². The zero-order valence-electron chi connectivity index (χ0n) is 11.1. The van der Waals surface area contributed by atoms with Gasteiger partial charge in [-0.25, -0.2) is 0 Å². The minimum absolute atomic E-state index is 0.730. The first-order valence-electron chi connectivity index (χ1n) is 6.79. The van der Waals surface area contributed by atoms with Gasteiger partial charge >= 0.3 is 0 Å². The molecule has 0 atom stereocenters. The van der Waals surface area contributed by atoms with Crippen LogP contribution >= 0.6 is 0 Å². The topological polar surface area (TPSA) is 15.3 Å². The Hall–Kier alpha value is -0.860. The van der Waals surface area contributed by atoms with Crippen LogP contribution in [0.3, 0.4) is 0 Å². The Labute approximate surface area is 105 Å². The fourth-order valence-corrected chi connectivity index (χ4v) is 2.59. The number of nitrogens with zero attached hydrogens (tertiary/aromatic N) is 1. The first-order valence-corrected chi connectivity index (χ1v) is 6.79. The molecule has 2 nitrogen and oxygen atoms in total. The van der Waals surface area contributed by atoms with E-state index < -0.39 is 0 Å². The molecule has 0 radical (unpaired) electrons. The third-order valence-corrected chi connectivity index (χ3v) is 3.80. The van der Waals surface area contributed by atoms with Crippen molar-refractivity contribution in [3.8, 4) is 0 Å². The van der Waals surface area contributed by atoms with Gasteiger partial charge in [0.25, 0.3) is 0 Å². The predicted octanol–water partition coefficient (Wildman–Crippen LogP) is 2.43. The molecule has 0 saturated carbocycles. The number of hydrogen-bond acceptors (Lipinski definition) is 2. The van der Waals surface area contributed by atoms with Gasteiger partial charge < -0.3 is 5.32 Å². The van der Waals surface area contributed by atoms with Gasteiger partial charge in [0, 0.05) is 12.6 Å². The molecule has 1 saturated heterocycles. The standard InChI is InChI=1S/C15H24N2/c1-3-13-5-4-6-14(11-13)12-17-9-7-15(16-2)8-10-17/h4-6,11,15-16H,3,7-10,12H2,1-2H3. The summed E-state index contributed by atoms with van der Waals surface area (Å²) >= 11 is 0. The number of likely N-dealkylation sites (tertiary alicyclic amines) is 1. The summed E-state index contributed by atoms with van der Waals surface area (Å²) in [7, 11) is 2.07. The number of piperidine rings is 1. The van der Waals surface area contributed by atoms with Gasteiger partial charge in [-0.15, -0.1) is 0 Å². The number of rotatable bonds is 4. The lowest BCUT2D eigenvalue weighted by atomic mass is 10.0. The van der Waals surface area contributed by atoms with E-state index in [1.54, 1.807) is 0 Å². The zero-order chi connectivity index (χ0) is 12.1. The van der Waals surface area contributed by atoms with Gasteiger partial charge in [0.05, 0.1) is 0 Å². The molecule has 94 valence electrons. The van der Waals surface area contributed by atoms with Crippen molar-refractivity contribution >= 4 is 0 Å². The van der Waals surface area contributed by atoms with Gasteiger partial charge in [-0.05, 0) is 50.5 Å². The maximum absolute atomic E-state index is 3.38. The summed E-state index contributed by atoms with van der Waals surface area (Å²) in [6.45, 7) is 5.78. The highest BCUT2D eigenvalue weighted by Gasteiger charge is 2.17. The highest BCUT2D eigenvalue weighted by Crippen LogP contribution is 2.14. The van der Waals surface area contributed by atoms with Crippen molar-refractivity contribution in [3.63, 3.8) is 0 Å². The van der Waals surface area contributed by atoms with Crippen LogP contribution in [0.2, 0.25) is 0 Å². The number of nitrogens with one attached hydrogen (secondary N) is 1. The lowest BCUT2D eigenvalue weighted by Gasteiger charge is -2.31. The van der Waals surface area contributed by atoms with Crippen molar-refractivity contribution in [1.82, 2.24) is 10.2 Å². The SMILES string of the molecule is CCc1cccc(CN2CCC(NC)CC2)c1. The molecule has 0 bridgehead atoms. The van der Waals surface area contributed by atoms with Gasteiger partial charge in [0.15, 0.2) is 0 Å². The average Bonchev–Trinajstić information content (AvgIpc) is 2.40. The second-order valence-electron chi connectivity index (χ2n) is 5.01. The van der Waals surface area contributed by atoms with Crippen molar-refractivity contribution < 1.29 is 0 Å². The fraction of sp³-hybridized carbons (Fsp3) is 0.600. The first-order chi connectivity index (χ1) is 8.31. The van der Waals surface area contributed by atoms with Crippen LogP contribution < -0.4 is 5.32 Å². The second kappa shape index (κ2) is 6.18. The van der Waals surface area contributed by atoms with Gasteiger partial charge in [0.2, 0.25) is 0 Å². The molecule has 1 aliphatic heterocycles. The molecule has 0 aliphatic carbocycles. The minimum Gasteiger partial charge on any atom is -0.317 e. The maximum atomic E-state index is 3.38. The molecule has 1 fully saturated rings. The quantitative estimate of drug-likeness (QED) is 0.857. The summed E-state index contributed by atoms with van der Waals surface area (Å²) in [6.07, 6.45) is 3.70. The van der Waals surface area contributed by atoms with E-state index in [1.165, 1.54) is 37.1 Å². The van der Waals surface area contributed by atoms with Crippen LogP contribution in [0, 0.1) is 0 Å². The van der Waals surface area contributed by atoms with E-state index in [1.807, 2.05) is 0 Å². The molecule has 0 unspecified atom stereocenters. The van der Waals surface area contributed by atoms with Crippen molar-refractivity contribution in [3.05, 3.63) is 35.4 Å². The Morgan fingerprint density at radius 1 is 1.24 bits per heavy atom. The molecule has 17 heavy (non-hydrogen) atoms. The molecule has 1 N–H and O–H groups in total. The van der Waals surface area contributed by atoms with Crippen molar-refractivity contribution in [2.45, 2.75) is 38.8 Å². The molecule has 0 spiro atoms. The third kappa shape index (κ3) is 3.55. The molecule has 0 amide bonds. The monoisotopic (exact) mass is 232 g/mol. The first kappa shape index (κ1) is 12.6. The van der Waals surface area contributed by atoms with Crippen LogP contribution in [0.1, 0.15) is 30.9 Å². The van der Waals surface area contributed by atoms with E-state index in [4.69, 9.17) is 0 Å². The minimum atomic E-state index is 0.730. The van der Waals surface area contributed by atoms with Gasteiger partial charge in [-0.2, -0.15) is 0 Å². The van der Waals surface area contributed by atoms with Crippen molar-refractivity contribution in [2.24, 2.45) is 0 Å². The molecule has 1 aromatic rings. The molecule has 1 aromatic carbocycles. The highest BCUT2D eigenvalue weighted by atomic mass is 15.1. The molecular formula is C15H24N2. The molecule has 2 heteroatoms. The Morgan fingerprint density at radius 2 is 1.94 bits per heavy atom. The third-order valence-electron chi connectivity index (χ3n) is 3.80. The predicted molar refractivity (Wildman–Crippen MR) is 73.2 cm³/mol. The second-order valence-corrected chi connectivity index (χ2v) is 5.01. The smallest absolute Gasteiger partial charge is 0.0233 e. The van der Waals surface area contributed by atoms with Crippen molar-refractivity contribution in [1.29, 1.82) is 0 Å². The van der Waals surface area contributed by atoms with Crippen LogP contribution in [0.15, 0.2) is 24.3 Å². The molecule has 0 aromatic heterocycles. The molecular weight excluding hydrogens is 208 g/mol. The van der Waals surface area contributed by atoms with Crippen LogP contribution in [-0.2, 0) is 13.0 Å². The molecule has 2 rings (SSSR count). The summed E-state index contributed by atoms with van der Waals surface area (Å²) < 4.78 is 0. The van der Waals surface area contributed by atoms with E-state index in [9.17, 15) is 0 Å². The van der Waals surface area contributed by atoms with Crippen LogP contribution in [0.4, 0.5) is 0 Å². The molecule has 1 heterocycles. The normalized spacial score (nSPS) is 18.5. The lowest BCUT2D eigenvalue weighted by Crippen LogP contribution is -2.40. The molecule has 1 aliphatic rings. The average molecular weight is 232 g/mol. The Balaban J connectivity index is 1.88. The Morgan fingerprint density at radius 3 is 2.59 bits per heavy atom. The van der Waals surface area contributed by atoms with E-state index >= 15 is 0 Å². The summed E-state index contributed by atoms with van der Waals surface area (Å²) in [6, 6.07) is 9.74. The van der Waals surface area contributed by atoms with Crippen LogP contribution in [0.5, 0.6) is 0 Å². The highest BCUT2D eigenvalue weighted by molar-refractivity contribution is 5.23. The number of aryl methyl sites for hydroxylation is 1. The van der Waals surface area contributed by atoms with Gasteiger partial charge in [0.1, 0.15) is 0 Å². The van der Waals surface area contributed by atoms with Gasteiger partial charge in [-0.3, -0.25) is 4.90 Å². The van der Waals surface area contributed by atoms with Crippen LogP contribution in [-0.4, -0.2) is 31.1 Å². The van der Waals surface area contributed by atoms with Crippen LogP contribution in [0.25, 0.3) is 0 Å². The van der Waals surface area contributed by atoms with E-state index in [2.05, 4.69) is 48.5 Å². The largest absolute Gasteiger partial charge is 0.317 e. The van der Waals surface area contributed by atoms with E-state index in [0.717, 1.165) is 19.0 Å². The van der Waals surface area contributed by atoms with Crippen molar-refractivity contribution in [2.75, 3.05) is 20.1 Å². The Kier molecular flexibility index (Phi) is 4.57. The summed E-state index contributed by atoms with van der Waals surface area (Å²) in [4.78, 5) is 2.57. The number of benzene rings is 1. The number of hydrogen-bond donors (Lipinski definition) is 1. The van der Waals surface area contributed by atoms with E-state index in [0.29, 0.717) is 0 Å². The Bertz CT molecular complexity index is 341.